The number of halogens is 1. The van der Waals surface area contributed by atoms with Crippen molar-refractivity contribution in [1.82, 2.24) is 0 Å². The van der Waals surface area contributed by atoms with Gasteiger partial charge in [-0.3, -0.25) is 0 Å². The Hall–Kier alpha value is -1.88. The van der Waals surface area contributed by atoms with Gasteiger partial charge in [0.1, 0.15) is 5.82 Å². The second-order valence-corrected chi connectivity index (χ2v) is 6.43. The van der Waals surface area contributed by atoms with E-state index >= 15 is 0 Å². The summed E-state index contributed by atoms with van der Waals surface area (Å²) in [6.07, 6.45) is 0. The van der Waals surface area contributed by atoms with Gasteiger partial charge in [-0.2, -0.15) is 0 Å². The van der Waals surface area contributed by atoms with Gasteiger partial charge in [-0.15, -0.1) is 0 Å². The Morgan fingerprint density at radius 3 is 2.32 bits per heavy atom. The van der Waals surface area contributed by atoms with Crippen LogP contribution in [-0.2, 0) is 21.3 Å². The molecule has 0 heterocycles. The summed E-state index contributed by atoms with van der Waals surface area (Å²) in [5, 5.41) is 0. The average molecular weight is 279 g/mol. The summed E-state index contributed by atoms with van der Waals surface area (Å²) in [4.78, 5) is 0. The lowest BCUT2D eigenvalue weighted by atomic mass is 10.2. The lowest BCUT2D eigenvalue weighted by Gasteiger charge is -2.07. The van der Waals surface area contributed by atoms with E-state index in [1.165, 1.54) is 12.1 Å². The molecular formula is C14H14FNO2S. The van der Waals surface area contributed by atoms with E-state index < -0.39 is 15.7 Å². The standard InChI is InChI=1S/C14H14FNO2S/c15-13-7-6-12(14(16)8-13)10-19(17,18)9-11-4-2-1-3-5-11/h1-8H,9-10,16H2. The summed E-state index contributed by atoms with van der Waals surface area (Å²) in [6.45, 7) is 0. The van der Waals surface area contributed by atoms with Crippen LogP contribution in [0.2, 0.25) is 0 Å². The van der Waals surface area contributed by atoms with E-state index in [-0.39, 0.29) is 17.2 Å². The monoisotopic (exact) mass is 279 g/mol. The van der Waals surface area contributed by atoms with Crippen molar-refractivity contribution in [3.8, 4) is 0 Å². The minimum Gasteiger partial charge on any atom is -0.398 e. The van der Waals surface area contributed by atoms with Crippen molar-refractivity contribution in [3.63, 3.8) is 0 Å². The van der Waals surface area contributed by atoms with Gasteiger partial charge < -0.3 is 5.73 Å². The smallest absolute Gasteiger partial charge is 0.158 e. The van der Waals surface area contributed by atoms with E-state index in [4.69, 9.17) is 5.73 Å². The van der Waals surface area contributed by atoms with Crippen LogP contribution in [0.5, 0.6) is 0 Å². The molecule has 0 aliphatic rings. The maximum absolute atomic E-state index is 12.9. The maximum Gasteiger partial charge on any atom is 0.158 e. The fourth-order valence-electron chi connectivity index (χ4n) is 1.81. The SMILES string of the molecule is Nc1cc(F)ccc1CS(=O)(=O)Cc1ccccc1. The van der Waals surface area contributed by atoms with Gasteiger partial charge in [0.05, 0.1) is 11.5 Å². The van der Waals surface area contributed by atoms with Crippen LogP contribution in [0.4, 0.5) is 10.1 Å². The molecule has 0 aliphatic carbocycles. The molecule has 0 aliphatic heterocycles. The van der Waals surface area contributed by atoms with Crippen molar-refractivity contribution >= 4 is 15.5 Å². The molecule has 0 bridgehead atoms. The summed E-state index contributed by atoms with van der Waals surface area (Å²) in [7, 11) is -3.33. The van der Waals surface area contributed by atoms with E-state index in [2.05, 4.69) is 0 Å². The number of nitrogens with two attached hydrogens (primary N) is 1. The molecule has 5 heteroatoms. The fourth-order valence-corrected chi connectivity index (χ4v) is 3.35. The summed E-state index contributed by atoms with van der Waals surface area (Å²) in [5.41, 5.74) is 6.93. The van der Waals surface area contributed by atoms with Crippen molar-refractivity contribution in [1.29, 1.82) is 0 Å². The molecule has 2 aromatic rings. The molecule has 0 aromatic heterocycles. The molecule has 19 heavy (non-hydrogen) atoms. The van der Waals surface area contributed by atoms with Gasteiger partial charge in [0.2, 0.25) is 0 Å². The molecule has 2 N–H and O–H groups in total. The predicted molar refractivity (Wildman–Crippen MR) is 73.6 cm³/mol. The number of anilines is 1. The van der Waals surface area contributed by atoms with Crippen LogP contribution in [0, 0.1) is 5.82 Å². The Morgan fingerprint density at radius 1 is 1.00 bits per heavy atom. The van der Waals surface area contributed by atoms with E-state index in [1.54, 1.807) is 24.3 Å². The number of sulfone groups is 1. The zero-order chi connectivity index (χ0) is 13.9. The largest absolute Gasteiger partial charge is 0.398 e. The molecule has 0 spiro atoms. The minimum atomic E-state index is -3.33. The summed E-state index contributed by atoms with van der Waals surface area (Å²) in [5.74, 6) is -0.708. The molecule has 2 rings (SSSR count). The Morgan fingerprint density at radius 2 is 1.68 bits per heavy atom. The van der Waals surface area contributed by atoms with E-state index in [1.807, 2.05) is 6.07 Å². The highest BCUT2D eigenvalue weighted by Crippen LogP contribution is 2.18. The lowest BCUT2D eigenvalue weighted by molar-refractivity contribution is 0.594. The summed E-state index contributed by atoms with van der Waals surface area (Å²) < 4.78 is 37.0. The second kappa shape index (κ2) is 5.40. The zero-order valence-electron chi connectivity index (χ0n) is 10.2. The van der Waals surface area contributed by atoms with Crippen LogP contribution < -0.4 is 5.73 Å². The Bertz CT molecular complexity index is 669. The van der Waals surface area contributed by atoms with Gasteiger partial charge in [0, 0.05) is 5.69 Å². The number of nitrogen functional groups attached to an aromatic ring is 1. The van der Waals surface area contributed by atoms with Crippen LogP contribution in [0.1, 0.15) is 11.1 Å². The summed E-state index contributed by atoms with van der Waals surface area (Å²) >= 11 is 0. The van der Waals surface area contributed by atoms with Gasteiger partial charge in [0.15, 0.2) is 9.84 Å². The molecule has 2 aromatic carbocycles. The highest BCUT2D eigenvalue weighted by Gasteiger charge is 2.15. The molecule has 0 saturated heterocycles. The lowest BCUT2D eigenvalue weighted by Crippen LogP contribution is -2.09. The Balaban J connectivity index is 2.17. The van der Waals surface area contributed by atoms with E-state index in [9.17, 15) is 12.8 Å². The first-order chi connectivity index (χ1) is 8.96. The van der Waals surface area contributed by atoms with Crippen molar-refractivity contribution in [3.05, 3.63) is 65.5 Å². The zero-order valence-corrected chi connectivity index (χ0v) is 11.0. The van der Waals surface area contributed by atoms with Gasteiger partial charge >= 0.3 is 0 Å². The van der Waals surface area contributed by atoms with E-state index in [0.29, 0.717) is 5.56 Å². The molecule has 3 nitrogen and oxygen atoms in total. The Kier molecular flexibility index (Phi) is 3.85. The third-order valence-electron chi connectivity index (χ3n) is 2.71. The topological polar surface area (TPSA) is 60.2 Å². The summed E-state index contributed by atoms with van der Waals surface area (Å²) in [6, 6.07) is 12.7. The first-order valence-corrected chi connectivity index (χ1v) is 7.57. The average Bonchev–Trinajstić information content (AvgIpc) is 2.33. The number of hydrogen-bond donors (Lipinski definition) is 1. The third-order valence-corrected chi connectivity index (χ3v) is 4.24. The maximum atomic E-state index is 12.9. The molecule has 0 saturated carbocycles. The van der Waals surface area contributed by atoms with Crippen molar-refractivity contribution in [2.45, 2.75) is 11.5 Å². The molecule has 0 radical (unpaired) electrons. The minimum absolute atomic E-state index is 0.0509. The number of rotatable bonds is 4. The number of benzene rings is 2. The van der Waals surface area contributed by atoms with Crippen LogP contribution >= 0.6 is 0 Å². The second-order valence-electron chi connectivity index (χ2n) is 4.36. The molecule has 0 fully saturated rings. The normalized spacial score (nSPS) is 11.4. The predicted octanol–water partition coefficient (Wildman–Crippen LogP) is 2.52. The molecular weight excluding hydrogens is 265 g/mol. The quantitative estimate of drug-likeness (QED) is 0.875. The molecule has 0 unspecified atom stereocenters. The van der Waals surface area contributed by atoms with Crippen LogP contribution in [0.15, 0.2) is 48.5 Å². The van der Waals surface area contributed by atoms with Crippen LogP contribution in [0.3, 0.4) is 0 Å². The molecule has 0 atom stereocenters. The van der Waals surface area contributed by atoms with Gasteiger partial charge in [-0.25, -0.2) is 12.8 Å². The van der Waals surface area contributed by atoms with E-state index in [0.717, 1.165) is 11.6 Å². The van der Waals surface area contributed by atoms with Crippen molar-refractivity contribution < 1.29 is 12.8 Å². The van der Waals surface area contributed by atoms with Gasteiger partial charge in [-0.1, -0.05) is 36.4 Å². The molecule has 0 amide bonds. The van der Waals surface area contributed by atoms with Crippen LogP contribution in [-0.4, -0.2) is 8.42 Å². The fraction of sp³-hybridized carbons (Fsp3) is 0.143. The van der Waals surface area contributed by atoms with Gasteiger partial charge in [-0.05, 0) is 23.3 Å². The van der Waals surface area contributed by atoms with Crippen molar-refractivity contribution in [2.24, 2.45) is 0 Å². The first kappa shape index (κ1) is 13.5. The third kappa shape index (κ3) is 3.79. The highest BCUT2D eigenvalue weighted by molar-refractivity contribution is 7.89. The highest BCUT2D eigenvalue weighted by atomic mass is 32.2. The van der Waals surface area contributed by atoms with Crippen molar-refractivity contribution in [2.75, 3.05) is 5.73 Å². The Labute approximate surface area is 111 Å². The first-order valence-electron chi connectivity index (χ1n) is 5.74. The van der Waals surface area contributed by atoms with Crippen LogP contribution in [0.25, 0.3) is 0 Å². The van der Waals surface area contributed by atoms with Gasteiger partial charge in [0.25, 0.3) is 0 Å². The number of hydrogen-bond acceptors (Lipinski definition) is 3. The molecule has 100 valence electrons.